The average molecular weight is 191 g/mol. The largest absolute Gasteiger partial charge is 0.495 e. The highest BCUT2D eigenvalue weighted by Crippen LogP contribution is 2.22. The molecule has 0 bridgehead atoms. The van der Waals surface area contributed by atoms with Crippen LogP contribution >= 0.6 is 0 Å². The minimum atomic E-state index is -0.711. The number of benzene rings is 1. The summed E-state index contributed by atoms with van der Waals surface area (Å²) in [5.41, 5.74) is 0.509. The van der Waals surface area contributed by atoms with Crippen LogP contribution in [0.1, 0.15) is 0 Å². The number of methoxy groups -OCH3 is 1. The Kier molecular flexibility index (Phi) is 3.39. The number of terminal acetylenes is 1. The van der Waals surface area contributed by atoms with Crippen molar-refractivity contribution in [1.82, 2.24) is 0 Å². The van der Waals surface area contributed by atoms with Gasteiger partial charge < -0.3 is 9.47 Å². The van der Waals surface area contributed by atoms with Crippen molar-refractivity contribution in [3.63, 3.8) is 0 Å². The molecule has 1 N–H and O–H groups in total. The molecule has 0 spiro atoms. The maximum absolute atomic E-state index is 10.9. The Hall–Kier alpha value is -2.15. The SMILES string of the molecule is C#COC(=O)Nc1ccccc1OC. The Morgan fingerprint density at radius 2 is 2.21 bits per heavy atom. The summed E-state index contributed by atoms with van der Waals surface area (Å²) >= 11 is 0. The first-order chi connectivity index (χ1) is 6.77. The third-order valence-corrected chi connectivity index (χ3v) is 1.50. The lowest BCUT2D eigenvalue weighted by molar-refractivity contribution is 0.207. The molecule has 0 fully saturated rings. The van der Waals surface area contributed by atoms with Crippen LogP contribution in [0, 0.1) is 12.5 Å². The van der Waals surface area contributed by atoms with Crippen molar-refractivity contribution in [2.75, 3.05) is 12.4 Å². The van der Waals surface area contributed by atoms with E-state index in [4.69, 9.17) is 11.2 Å². The van der Waals surface area contributed by atoms with E-state index in [1.165, 1.54) is 7.11 Å². The first kappa shape index (κ1) is 9.93. The predicted molar refractivity (Wildman–Crippen MR) is 51.9 cm³/mol. The third kappa shape index (κ3) is 2.42. The number of carbonyl (C=O) groups excluding carboxylic acids is 1. The van der Waals surface area contributed by atoms with Gasteiger partial charge in [0.05, 0.1) is 12.8 Å². The smallest absolute Gasteiger partial charge is 0.425 e. The van der Waals surface area contributed by atoms with Crippen molar-refractivity contribution in [3.05, 3.63) is 24.3 Å². The maximum Gasteiger partial charge on any atom is 0.425 e. The molecule has 0 aliphatic heterocycles. The molecule has 0 radical (unpaired) electrons. The molecule has 1 aromatic rings. The maximum atomic E-state index is 10.9. The van der Waals surface area contributed by atoms with E-state index < -0.39 is 6.09 Å². The van der Waals surface area contributed by atoms with E-state index in [2.05, 4.69) is 10.1 Å². The number of hydrogen-bond donors (Lipinski definition) is 1. The van der Waals surface area contributed by atoms with Gasteiger partial charge in [-0.3, -0.25) is 5.32 Å². The van der Waals surface area contributed by atoms with Crippen molar-refractivity contribution in [2.45, 2.75) is 0 Å². The molecule has 0 atom stereocenters. The lowest BCUT2D eigenvalue weighted by Crippen LogP contribution is -2.11. The Bertz CT molecular complexity index is 368. The van der Waals surface area contributed by atoms with Crippen LogP contribution in [0.5, 0.6) is 5.75 Å². The third-order valence-electron chi connectivity index (χ3n) is 1.50. The zero-order chi connectivity index (χ0) is 10.4. The van der Waals surface area contributed by atoms with Gasteiger partial charge in [0.15, 0.2) is 0 Å². The first-order valence-corrected chi connectivity index (χ1v) is 3.84. The van der Waals surface area contributed by atoms with Crippen LogP contribution in [-0.4, -0.2) is 13.2 Å². The number of ether oxygens (including phenoxy) is 2. The van der Waals surface area contributed by atoms with Crippen molar-refractivity contribution < 1.29 is 14.3 Å². The second-order valence-corrected chi connectivity index (χ2v) is 2.33. The van der Waals surface area contributed by atoms with Crippen molar-refractivity contribution in [2.24, 2.45) is 0 Å². The number of carbonyl (C=O) groups is 1. The summed E-state index contributed by atoms with van der Waals surface area (Å²) in [6, 6.07) is 6.94. The minimum absolute atomic E-state index is 0.509. The quantitative estimate of drug-likeness (QED) is 0.725. The van der Waals surface area contributed by atoms with Crippen molar-refractivity contribution in [3.8, 4) is 18.3 Å². The molecule has 0 aliphatic carbocycles. The van der Waals surface area contributed by atoms with Gasteiger partial charge in [-0.15, -0.1) is 0 Å². The van der Waals surface area contributed by atoms with Crippen LogP contribution in [0.4, 0.5) is 10.5 Å². The Balaban J connectivity index is 2.76. The topological polar surface area (TPSA) is 47.6 Å². The zero-order valence-corrected chi connectivity index (χ0v) is 7.61. The van der Waals surface area contributed by atoms with Gasteiger partial charge in [-0.25, -0.2) is 4.79 Å². The molecule has 4 nitrogen and oxygen atoms in total. The van der Waals surface area contributed by atoms with Gasteiger partial charge in [0.25, 0.3) is 0 Å². The molecule has 1 rings (SSSR count). The molecule has 0 saturated heterocycles. The molecule has 0 aromatic heterocycles. The number of rotatable bonds is 2. The van der Waals surface area contributed by atoms with Crippen molar-refractivity contribution in [1.29, 1.82) is 0 Å². The van der Waals surface area contributed by atoms with Gasteiger partial charge in [-0.1, -0.05) is 18.6 Å². The lowest BCUT2D eigenvalue weighted by Gasteiger charge is -2.07. The molecule has 0 heterocycles. The molecular formula is C10H9NO3. The summed E-state index contributed by atoms with van der Waals surface area (Å²) in [5, 5.41) is 2.43. The molecule has 72 valence electrons. The van der Waals surface area contributed by atoms with E-state index in [-0.39, 0.29) is 0 Å². The Morgan fingerprint density at radius 3 is 2.86 bits per heavy atom. The highest BCUT2D eigenvalue weighted by Gasteiger charge is 2.05. The average Bonchev–Trinajstić information content (AvgIpc) is 2.19. The number of anilines is 1. The summed E-state index contributed by atoms with van der Waals surface area (Å²) in [6.07, 6.45) is 5.85. The minimum Gasteiger partial charge on any atom is -0.495 e. The Morgan fingerprint density at radius 1 is 1.50 bits per heavy atom. The molecule has 0 aliphatic rings. The number of para-hydroxylation sites is 2. The van der Waals surface area contributed by atoms with Crippen LogP contribution in [-0.2, 0) is 4.74 Å². The highest BCUT2D eigenvalue weighted by atomic mass is 16.5. The standard InChI is InChI=1S/C10H9NO3/c1-3-14-10(12)11-8-6-4-5-7-9(8)13-2/h1,4-7H,2H3,(H,11,12). The fourth-order valence-electron chi connectivity index (χ4n) is 0.937. The molecular weight excluding hydrogens is 182 g/mol. The van der Waals surface area contributed by atoms with Crippen LogP contribution in [0.3, 0.4) is 0 Å². The van der Waals surface area contributed by atoms with E-state index in [1.807, 2.05) is 0 Å². The molecule has 4 heteroatoms. The van der Waals surface area contributed by atoms with E-state index in [9.17, 15) is 4.79 Å². The van der Waals surface area contributed by atoms with Crippen LogP contribution in [0.25, 0.3) is 0 Å². The van der Waals surface area contributed by atoms with Crippen molar-refractivity contribution >= 4 is 11.8 Å². The monoisotopic (exact) mass is 191 g/mol. The molecule has 0 saturated carbocycles. The normalized spacial score (nSPS) is 8.57. The first-order valence-electron chi connectivity index (χ1n) is 3.84. The van der Waals surface area contributed by atoms with Gasteiger partial charge in [0.2, 0.25) is 0 Å². The molecule has 0 unspecified atom stereocenters. The lowest BCUT2D eigenvalue weighted by atomic mass is 10.3. The van der Waals surface area contributed by atoms with E-state index >= 15 is 0 Å². The number of nitrogens with one attached hydrogen (secondary N) is 1. The fraction of sp³-hybridized carbons (Fsp3) is 0.100. The molecule has 1 amide bonds. The van der Waals surface area contributed by atoms with Crippen LogP contribution in [0.15, 0.2) is 24.3 Å². The fourth-order valence-corrected chi connectivity index (χ4v) is 0.937. The summed E-state index contributed by atoms with van der Waals surface area (Å²) in [7, 11) is 1.51. The van der Waals surface area contributed by atoms with Gasteiger partial charge >= 0.3 is 6.09 Å². The van der Waals surface area contributed by atoms with E-state index in [0.29, 0.717) is 11.4 Å². The van der Waals surface area contributed by atoms with Crippen LogP contribution < -0.4 is 10.1 Å². The van der Waals surface area contributed by atoms with E-state index in [0.717, 1.165) is 0 Å². The summed E-state index contributed by atoms with van der Waals surface area (Å²) in [4.78, 5) is 10.9. The molecule has 1 aromatic carbocycles. The zero-order valence-electron chi connectivity index (χ0n) is 7.61. The summed E-state index contributed by atoms with van der Waals surface area (Å²) < 4.78 is 9.27. The summed E-state index contributed by atoms with van der Waals surface area (Å²) in [5.74, 6) is 0.543. The predicted octanol–water partition coefficient (Wildman–Crippen LogP) is 1.83. The van der Waals surface area contributed by atoms with Gasteiger partial charge in [-0.05, 0) is 12.1 Å². The summed E-state index contributed by atoms with van der Waals surface area (Å²) in [6.45, 7) is 0. The second-order valence-electron chi connectivity index (χ2n) is 2.33. The molecule has 14 heavy (non-hydrogen) atoms. The van der Waals surface area contributed by atoms with Gasteiger partial charge in [0, 0.05) is 0 Å². The van der Waals surface area contributed by atoms with Gasteiger partial charge in [0.1, 0.15) is 11.9 Å². The Labute approximate surface area is 81.8 Å². The van der Waals surface area contributed by atoms with Gasteiger partial charge in [-0.2, -0.15) is 0 Å². The second kappa shape index (κ2) is 4.77. The van der Waals surface area contributed by atoms with E-state index in [1.54, 1.807) is 30.4 Å². The number of amides is 1. The number of hydrogen-bond acceptors (Lipinski definition) is 3. The van der Waals surface area contributed by atoms with Crippen LogP contribution in [0.2, 0.25) is 0 Å². The highest BCUT2D eigenvalue weighted by molar-refractivity contribution is 5.87.